The van der Waals surface area contributed by atoms with Crippen LogP contribution in [0.4, 0.5) is 0 Å². The van der Waals surface area contributed by atoms with Crippen molar-refractivity contribution in [1.29, 1.82) is 0 Å². The number of nitrogens with zero attached hydrogens (tertiary/aromatic N) is 1. The molecule has 0 atom stereocenters. The van der Waals surface area contributed by atoms with Crippen molar-refractivity contribution in [3.63, 3.8) is 0 Å². The molecule has 0 aliphatic rings. The van der Waals surface area contributed by atoms with Crippen molar-refractivity contribution < 1.29 is 8.42 Å². The maximum absolute atomic E-state index is 12.7. The average molecular weight is 346 g/mol. The molecule has 0 saturated heterocycles. The van der Waals surface area contributed by atoms with E-state index in [1.807, 2.05) is 42.5 Å². The highest BCUT2D eigenvalue weighted by atomic mass is 35.5. The molecule has 0 spiro atoms. The van der Waals surface area contributed by atoms with Gasteiger partial charge in [-0.25, -0.2) is 8.42 Å². The van der Waals surface area contributed by atoms with Crippen molar-refractivity contribution in [3.05, 3.63) is 77.3 Å². The average Bonchev–Trinajstić information content (AvgIpc) is 2.55. The van der Waals surface area contributed by atoms with E-state index in [0.717, 1.165) is 16.3 Å². The van der Waals surface area contributed by atoms with Gasteiger partial charge in [0.25, 0.3) is 0 Å². The van der Waals surface area contributed by atoms with E-state index in [1.165, 1.54) is 16.4 Å². The van der Waals surface area contributed by atoms with Gasteiger partial charge in [-0.05, 0) is 40.6 Å². The molecule has 0 bridgehead atoms. The van der Waals surface area contributed by atoms with E-state index < -0.39 is 10.0 Å². The fraction of sp³-hybridized carbons (Fsp3) is 0.111. The highest BCUT2D eigenvalue weighted by molar-refractivity contribution is 7.89. The first-order chi connectivity index (χ1) is 11.0. The van der Waals surface area contributed by atoms with Crippen LogP contribution in [0.25, 0.3) is 10.8 Å². The van der Waals surface area contributed by atoms with Gasteiger partial charge < -0.3 is 0 Å². The van der Waals surface area contributed by atoms with Crippen LogP contribution in [0.15, 0.2) is 71.6 Å². The molecular weight excluding hydrogens is 330 g/mol. The fourth-order valence-corrected chi connectivity index (χ4v) is 3.82. The largest absolute Gasteiger partial charge is 0.243 e. The molecule has 0 heterocycles. The quantitative estimate of drug-likeness (QED) is 0.706. The standard InChI is InChI=1S/C18H16ClNO2S/c1-20(23(21,22)17-11-9-16(19)10-12-17)13-15-7-4-6-14-5-2-3-8-18(14)15/h2-12H,13H2,1H3. The number of fused-ring (bicyclic) bond motifs is 1. The Kier molecular flexibility index (Phi) is 4.39. The fourth-order valence-electron chi connectivity index (χ4n) is 2.54. The second-order valence-electron chi connectivity index (χ2n) is 5.35. The molecule has 3 aromatic rings. The lowest BCUT2D eigenvalue weighted by molar-refractivity contribution is 0.468. The van der Waals surface area contributed by atoms with E-state index in [0.29, 0.717) is 11.6 Å². The van der Waals surface area contributed by atoms with Crippen LogP contribution in [-0.4, -0.2) is 19.8 Å². The van der Waals surface area contributed by atoms with Crippen LogP contribution in [0.3, 0.4) is 0 Å². The van der Waals surface area contributed by atoms with Crippen molar-refractivity contribution in [1.82, 2.24) is 4.31 Å². The molecule has 3 aromatic carbocycles. The summed E-state index contributed by atoms with van der Waals surface area (Å²) >= 11 is 5.83. The SMILES string of the molecule is CN(Cc1cccc2ccccc12)S(=O)(=O)c1ccc(Cl)cc1. The van der Waals surface area contributed by atoms with Crippen LogP contribution >= 0.6 is 11.6 Å². The topological polar surface area (TPSA) is 37.4 Å². The highest BCUT2D eigenvalue weighted by Crippen LogP contribution is 2.23. The van der Waals surface area contributed by atoms with E-state index >= 15 is 0 Å². The van der Waals surface area contributed by atoms with Crippen LogP contribution < -0.4 is 0 Å². The third-order valence-corrected chi connectivity index (χ3v) is 5.86. The lowest BCUT2D eigenvalue weighted by atomic mass is 10.0. The number of sulfonamides is 1. The van der Waals surface area contributed by atoms with Crippen LogP contribution in [-0.2, 0) is 16.6 Å². The summed E-state index contributed by atoms with van der Waals surface area (Å²) in [5, 5.41) is 2.68. The monoisotopic (exact) mass is 345 g/mol. The summed E-state index contributed by atoms with van der Waals surface area (Å²) in [6, 6.07) is 20.1. The predicted molar refractivity (Wildman–Crippen MR) is 94.1 cm³/mol. The smallest absolute Gasteiger partial charge is 0.207 e. The Morgan fingerprint density at radius 2 is 1.57 bits per heavy atom. The first-order valence-electron chi connectivity index (χ1n) is 7.17. The minimum Gasteiger partial charge on any atom is -0.207 e. The number of benzene rings is 3. The number of hydrogen-bond acceptors (Lipinski definition) is 2. The van der Waals surface area contributed by atoms with Gasteiger partial charge in [0.15, 0.2) is 0 Å². The first kappa shape index (κ1) is 16.0. The summed E-state index contributed by atoms with van der Waals surface area (Å²) in [6.45, 7) is 0.312. The molecule has 3 nitrogen and oxygen atoms in total. The molecule has 0 N–H and O–H groups in total. The van der Waals surface area contributed by atoms with Crippen molar-refractivity contribution in [2.45, 2.75) is 11.4 Å². The normalized spacial score (nSPS) is 12.0. The van der Waals surface area contributed by atoms with E-state index in [4.69, 9.17) is 11.6 Å². The van der Waals surface area contributed by atoms with Crippen molar-refractivity contribution in [3.8, 4) is 0 Å². The molecule has 0 unspecified atom stereocenters. The van der Waals surface area contributed by atoms with Gasteiger partial charge in [-0.3, -0.25) is 0 Å². The zero-order valence-corrected chi connectivity index (χ0v) is 14.2. The van der Waals surface area contributed by atoms with Gasteiger partial charge in [0, 0.05) is 18.6 Å². The molecule has 0 saturated carbocycles. The van der Waals surface area contributed by atoms with Gasteiger partial charge in [-0.1, -0.05) is 54.1 Å². The Morgan fingerprint density at radius 1 is 0.913 bits per heavy atom. The Morgan fingerprint density at radius 3 is 2.30 bits per heavy atom. The Labute approximate surface area is 141 Å². The third kappa shape index (κ3) is 3.24. The third-order valence-electron chi connectivity index (χ3n) is 3.79. The van der Waals surface area contributed by atoms with Gasteiger partial charge >= 0.3 is 0 Å². The maximum atomic E-state index is 12.7. The lowest BCUT2D eigenvalue weighted by Crippen LogP contribution is -2.26. The van der Waals surface area contributed by atoms with E-state index in [1.54, 1.807) is 19.2 Å². The van der Waals surface area contributed by atoms with Gasteiger partial charge in [-0.2, -0.15) is 4.31 Å². The molecule has 0 amide bonds. The minimum absolute atomic E-state index is 0.240. The molecule has 118 valence electrons. The van der Waals surface area contributed by atoms with Crippen LogP contribution in [0.5, 0.6) is 0 Å². The predicted octanol–water partition coefficient (Wildman–Crippen LogP) is 4.31. The van der Waals surface area contributed by atoms with Crippen molar-refractivity contribution >= 4 is 32.4 Å². The Hall–Kier alpha value is -1.88. The molecule has 0 aromatic heterocycles. The summed E-state index contributed by atoms with van der Waals surface area (Å²) in [5.41, 5.74) is 0.975. The van der Waals surface area contributed by atoms with E-state index in [2.05, 4.69) is 0 Å². The molecule has 23 heavy (non-hydrogen) atoms. The summed E-state index contributed by atoms with van der Waals surface area (Å²) in [6.07, 6.45) is 0. The molecular formula is C18H16ClNO2S. The highest BCUT2D eigenvalue weighted by Gasteiger charge is 2.21. The summed E-state index contributed by atoms with van der Waals surface area (Å²) in [7, 11) is -1.96. The number of hydrogen-bond donors (Lipinski definition) is 0. The Balaban J connectivity index is 1.94. The maximum Gasteiger partial charge on any atom is 0.243 e. The molecule has 0 aliphatic carbocycles. The van der Waals surface area contributed by atoms with Gasteiger partial charge in [0.2, 0.25) is 10.0 Å². The number of rotatable bonds is 4. The van der Waals surface area contributed by atoms with Crippen LogP contribution in [0.2, 0.25) is 5.02 Å². The molecule has 0 fully saturated rings. The summed E-state index contributed by atoms with van der Waals surface area (Å²) < 4.78 is 26.7. The lowest BCUT2D eigenvalue weighted by Gasteiger charge is -2.18. The zero-order valence-electron chi connectivity index (χ0n) is 12.6. The molecule has 5 heteroatoms. The Bertz CT molecular complexity index is 931. The number of halogens is 1. The van der Waals surface area contributed by atoms with Gasteiger partial charge in [0.05, 0.1) is 4.90 Å². The van der Waals surface area contributed by atoms with Crippen molar-refractivity contribution in [2.24, 2.45) is 0 Å². The second-order valence-corrected chi connectivity index (χ2v) is 7.83. The van der Waals surface area contributed by atoms with Crippen molar-refractivity contribution in [2.75, 3.05) is 7.05 Å². The van der Waals surface area contributed by atoms with Gasteiger partial charge in [-0.15, -0.1) is 0 Å². The van der Waals surface area contributed by atoms with Crippen LogP contribution in [0, 0.1) is 0 Å². The molecule has 3 rings (SSSR count). The van der Waals surface area contributed by atoms with Crippen LogP contribution in [0.1, 0.15) is 5.56 Å². The zero-order chi connectivity index (χ0) is 16.4. The molecule has 0 radical (unpaired) electrons. The van der Waals surface area contributed by atoms with E-state index in [9.17, 15) is 8.42 Å². The van der Waals surface area contributed by atoms with E-state index in [-0.39, 0.29) is 4.90 Å². The minimum atomic E-state index is -3.55. The molecule has 0 aliphatic heterocycles. The summed E-state index contributed by atoms with van der Waals surface area (Å²) in [4.78, 5) is 0.240. The summed E-state index contributed by atoms with van der Waals surface area (Å²) in [5.74, 6) is 0. The van der Waals surface area contributed by atoms with Gasteiger partial charge in [0.1, 0.15) is 0 Å². The second kappa shape index (κ2) is 6.32. The first-order valence-corrected chi connectivity index (χ1v) is 8.99.